The molecule has 0 N–H and O–H groups in total. The van der Waals surface area contributed by atoms with Gasteiger partial charge in [0.05, 0.1) is 0 Å². The molecular formula is C75H130O6. The Labute approximate surface area is 502 Å². The van der Waals surface area contributed by atoms with Crippen molar-refractivity contribution in [1.82, 2.24) is 0 Å². The second-order valence-corrected chi connectivity index (χ2v) is 23.1. The number of esters is 3. The molecule has 6 heteroatoms. The molecule has 0 aliphatic heterocycles. The van der Waals surface area contributed by atoms with Crippen molar-refractivity contribution in [1.29, 1.82) is 0 Å². The van der Waals surface area contributed by atoms with Gasteiger partial charge in [-0.25, -0.2) is 0 Å². The van der Waals surface area contributed by atoms with Crippen LogP contribution < -0.4 is 0 Å². The molecule has 1 atom stereocenters. The molecule has 6 nitrogen and oxygen atoms in total. The molecule has 1 unspecified atom stereocenters. The fourth-order valence-corrected chi connectivity index (χ4v) is 9.89. The molecule has 0 saturated heterocycles. The Morgan fingerprint density at radius 2 is 0.481 bits per heavy atom. The summed E-state index contributed by atoms with van der Waals surface area (Å²) in [7, 11) is 0. The van der Waals surface area contributed by atoms with Crippen LogP contribution in [0.15, 0.2) is 97.2 Å². The Hall–Kier alpha value is -3.67. The van der Waals surface area contributed by atoms with Crippen molar-refractivity contribution < 1.29 is 28.6 Å². The third-order valence-electron chi connectivity index (χ3n) is 15.1. The predicted molar refractivity (Wildman–Crippen MR) is 353 cm³/mol. The van der Waals surface area contributed by atoms with Crippen molar-refractivity contribution in [3.8, 4) is 0 Å². The van der Waals surface area contributed by atoms with Crippen molar-refractivity contribution in [3.63, 3.8) is 0 Å². The van der Waals surface area contributed by atoms with E-state index in [4.69, 9.17) is 14.2 Å². The number of ether oxygens (including phenoxy) is 3. The van der Waals surface area contributed by atoms with Crippen molar-refractivity contribution in [3.05, 3.63) is 97.2 Å². The summed E-state index contributed by atoms with van der Waals surface area (Å²) in [6.07, 6.45) is 92.8. The zero-order valence-corrected chi connectivity index (χ0v) is 53.5. The number of hydrogen-bond acceptors (Lipinski definition) is 6. The maximum atomic E-state index is 12.9. The molecule has 0 aliphatic carbocycles. The molecule has 81 heavy (non-hydrogen) atoms. The molecule has 466 valence electrons. The monoisotopic (exact) mass is 1130 g/mol. The number of allylic oxidation sites excluding steroid dienone is 16. The van der Waals surface area contributed by atoms with Crippen LogP contribution in [0.3, 0.4) is 0 Å². The molecule has 0 aromatic heterocycles. The number of carbonyl (C=O) groups is 3. The highest BCUT2D eigenvalue weighted by molar-refractivity contribution is 5.71. The molecule has 0 amide bonds. The van der Waals surface area contributed by atoms with Crippen LogP contribution in [0, 0.1) is 0 Å². The lowest BCUT2D eigenvalue weighted by Gasteiger charge is -2.18. The third-order valence-corrected chi connectivity index (χ3v) is 15.1. The fraction of sp³-hybridized carbons (Fsp3) is 0.747. The number of hydrogen-bond donors (Lipinski definition) is 0. The molecule has 0 aliphatic rings. The molecule has 0 saturated carbocycles. The zero-order chi connectivity index (χ0) is 58.5. The fourth-order valence-electron chi connectivity index (χ4n) is 9.89. The van der Waals surface area contributed by atoms with Crippen LogP contribution >= 0.6 is 0 Å². The lowest BCUT2D eigenvalue weighted by molar-refractivity contribution is -0.167. The Morgan fingerprint density at radius 1 is 0.259 bits per heavy atom. The first-order chi connectivity index (χ1) is 40.0. The Kier molecular flexibility index (Phi) is 65.7. The Morgan fingerprint density at radius 3 is 0.778 bits per heavy atom. The molecular weight excluding hydrogens is 997 g/mol. The largest absolute Gasteiger partial charge is 0.462 e. The second kappa shape index (κ2) is 68.8. The minimum absolute atomic E-state index is 0.0752. The van der Waals surface area contributed by atoms with Crippen LogP contribution in [0.1, 0.15) is 342 Å². The minimum atomic E-state index is -0.780. The van der Waals surface area contributed by atoms with E-state index >= 15 is 0 Å². The van der Waals surface area contributed by atoms with E-state index in [9.17, 15) is 14.4 Å². The van der Waals surface area contributed by atoms with Crippen molar-refractivity contribution in [2.24, 2.45) is 0 Å². The van der Waals surface area contributed by atoms with Gasteiger partial charge in [-0.3, -0.25) is 14.4 Å². The van der Waals surface area contributed by atoms with E-state index in [1.807, 2.05) is 0 Å². The maximum Gasteiger partial charge on any atom is 0.306 e. The van der Waals surface area contributed by atoms with Gasteiger partial charge in [0, 0.05) is 19.3 Å². The van der Waals surface area contributed by atoms with Crippen LogP contribution in [0.2, 0.25) is 0 Å². The van der Waals surface area contributed by atoms with E-state index in [1.165, 1.54) is 199 Å². The van der Waals surface area contributed by atoms with Crippen LogP contribution in [0.5, 0.6) is 0 Å². The molecule has 0 rings (SSSR count). The molecule has 0 radical (unpaired) electrons. The number of carbonyl (C=O) groups excluding carboxylic acids is 3. The second-order valence-electron chi connectivity index (χ2n) is 23.1. The topological polar surface area (TPSA) is 78.9 Å². The van der Waals surface area contributed by atoms with Crippen LogP contribution in [0.4, 0.5) is 0 Å². The van der Waals surface area contributed by atoms with E-state index in [1.54, 1.807) is 0 Å². The van der Waals surface area contributed by atoms with Crippen LogP contribution in [0.25, 0.3) is 0 Å². The standard InChI is InChI=1S/C75H130O6/c1-4-7-10-13-16-19-22-25-27-29-31-32-33-34-35-36-37-38-39-40-41-42-44-45-47-50-53-56-59-62-65-68-74(77)80-71-72(70-79-73(76)67-64-61-58-55-52-49-24-21-18-15-12-9-6-3)81-75(78)69-66-63-60-57-54-51-48-46-43-30-28-26-23-20-17-14-11-8-5-2/h7,10,16-17,19-20,25-28,31-32,34-35,37-38,72H,4-6,8-9,11-15,18,21-24,29-30,33,36,39-71H2,1-3H3/b10-7-,19-16-,20-17-,27-25-,28-26-,32-31-,35-34-,38-37-. The normalized spacial score (nSPS) is 12.7. The summed E-state index contributed by atoms with van der Waals surface area (Å²) >= 11 is 0. The highest BCUT2D eigenvalue weighted by atomic mass is 16.6. The van der Waals surface area contributed by atoms with Crippen molar-refractivity contribution in [2.75, 3.05) is 13.2 Å². The summed E-state index contributed by atoms with van der Waals surface area (Å²) < 4.78 is 17.0. The van der Waals surface area contributed by atoms with Gasteiger partial charge in [0.1, 0.15) is 13.2 Å². The van der Waals surface area contributed by atoms with E-state index in [0.717, 1.165) is 103 Å². The molecule has 0 fully saturated rings. The van der Waals surface area contributed by atoms with Gasteiger partial charge < -0.3 is 14.2 Å². The zero-order valence-electron chi connectivity index (χ0n) is 53.5. The highest BCUT2D eigenvalue weighted by Gasteiger charge is 2.19. The minimum Gasteiger partial charge on any atom is -0.462 e. The first-order valence-electron chi connectivity index (χ1n) is 34.7. The third kappa shape index (κ3) is 67.0. The highest BCUT2D eigenvalue weighted by Crippen LogP contribution is 2.17. The predicted octanol–water partition coefficient (Wildman–Crippen LogP) is 24.0. The summed E-state index contributed by atoms with van der Waals surface area (Å²) in [5, 5.41) is 0. The van der Waals surface area contributed by atoms with Gasteiger partial charge in [0.15, 0.2) is 6.10 Å². The van der Waals surface area contributed by atoms with E-state index in [2.05, 4.69) is 118 Å². The van der Waals surface area contributed by atoms with Gasteiger partial charge in [0.2, 0.25) is 0 Å². The molecule has 0 spiro atoms. The molecule has 0 bridgehead atoms. The van der Waals surface area contributed by atoms with Crippen LogP contribution in [-0.4, -0.2) is 37.2 Å². The average molecular weight is 1130 g/mol. The smallest absolute Gasteiger partial charge is 0.306 e. The quantitative estimate of drug-likeness (QED) is 0.0261. The summed E-state index contributed by atoms with van der Waals surface area (Å²) in [5.41, 5.74) is 0. The molecule has 0 heterocycles. The maximum absolute atomic E-state index is 12.9. The van der Waals surface area contributed by atoms with Gasteiger partial charge in [-0.1, -0.05) is 317 Å². The number of unbranched alkanes of at least 4 members (excludes halogenated alkanes) is 36. The summed E-state index contributed by atoms with van der Waals surface area (Å²) in [4.78, 5) is 38.4. The van der Waals surface area contributed by atoms with Gasteiger partial charge >= 0.3 is 17.9 Å². The Bertz CT molecular complexity index is 1580. The van der Waals surface area contributed by atoms with Crippen molar-refractivity contribution in [2.45, 2.75) is 348 Å². The van der Waals surface area contributed by atoms with E-state index < -0.39 is 6.10 Å². The lowest BCUT2D eigenvalue weighted by atomic mass is 10.0. The summed E-state index contributed by atoms with van der Waals surface area (Å²) in [5.74, 6) is -0.865. The first-order valence-corrected chi connectivity index (χ1v) is 34.7. The average Bonchev–Trinajstić information content (AvgIpc) is 3.46. The Balaban J connectivity index is 4.25. The lowest BCUT2D eigenvalue weighted by Crippen LogP contribution is -2.30. The molecule has 0 aromatic carbocycles. The number of rotatable bonds is 63. The van der Waals surface area contributed by atoms with E-state index in [-0.39, 0.29) is 31.1 Å². The molecule has 0 aromatic rings. The van der Waals surface area contributed by atoms with Crippen LogP contribution in [-0.2, 0) is 28.6 Å². The van der Waals surface area contributed by atoms with Gasteiger partial charge in [-0.05, 0) is 103 Å². The SMILES string of the molecule is CC/C=C\C/C=C\C/C=C\C/C=C\C/C=C\C/C=C\CCCCCCCCCCCCCCC(=O)OCC(COC(=O)CCCCCCCCCCCCCCC)OC(=O)CCCCCCCCCCC/C=C\C/C=C\CCCCC. The summed E-state index contributed by atoms with van der Waals surface area (Å²) in [6, 6.07) is 0. The summed E-state index contributed by atoms with van der Waals surface area (Å²) in [6.45, 7) is 6.54. The van der Waals surface area contributed by atoms with Crippen molar-refractivity contribution >= 4 is 17.9 Å². The van der Waals surface area contributed by atoms with Gasteiger partial charge in [0.25, 0.3) is 0 Å². The first kappa shape index (κ1) is 77.3. The van der Waals surface area contributed by atoms with Gasteiger partial charge in [-0.2, -0.15) is 0 Å². The van der Waals surface area contributed by atoms with E-state index in [0.29, 0.717) is 19.3 Å². The van der Waals surface area contributed by atoms with Gasteiger partial charge in [-0.15, -0.1) is 0 Å².